The van der Waals surface area contributed by atoms with E-state index in [1.54, 1.807) is 31.2 Å². The summed E-state index contributed by atoms with van der Waals surface area (Å²) in [5, 5.41) is 8.94. The van der Waals surface area contributed by atoms with Crippen LogP contribution in [0.3, 0.4) is 0 Å². The molecule has 1 aromatic carbocycles. The molecule has 1 N–H and O–H groups in total. The maximum atomic E-state index is 12.0. The summed E-state index contributed by atoms with van der Waals surface area (Å²) in [6.45, 7) is 3.48. The number of carbonyl (C=O) groups is 1. The molecule has 0 radical (unpaired) electrons. The molecule has 1 unspecified atom stereocenters. The number of rotatable bonds is 4. The van der Waals surface area contributed by atoms with E-state index in [9.17, 15) is 4.79 Å². The third-order valence-electron chi connectivity index (χ3n) is 3.18. The molecule has 0 aliphatic carbocycles. The summed E-state index contributed by atoms with van der Waals surface area (Å²) < 4.78 is 5.62. The Morgan fingerprint density at radius 1 is 1.33 bits per heavy atom. The van der Waals surface area contributed by atoms with Crippen LogP contribution in [0.15, 0.2) is 24.3 Å². The Morgan fingerprint density at radius 3 is 2.50 bits per heavy atom. The summed E-state index contributed by atoms with van der Waals surface area (Å²) in [6, 6.07) is 7.14. The van der Waals surface area contributed by atoms with Crippen LogP contribution in [0.1, 0.15) is 25.3 Å². The molecule has 1 amide bonds. The fourth-order valence-corrected chi connectivity index (χ4v) is 2.12. The molecular weight excluding hydrogens is 230 g/mol. The Kier molecular flexibility index (Phi) is 4.20. The first-order valence-electron chi connectivity index (χ1n) is 6.36. The number of ether oxygens (including phenoxy) is 1. The van der Waals surface area contributed by atoms with Crippen molar-refractivity contribution in [2.24, 2.45) is 0 Å². The predicted molar refractivity (Wildman–Crippen MR) is 68.3 cm³/mol. The van der Waals surface area contributed by atoms with E-state index >= 15 is 0 Å². The Morgan fingerprint density at radius 2 is 1.94 bits per heavy atom. The first kappa shape index (κ1) is 12.9. The number of aliphatic hydroxyl groups is 1. The molecule has 1 aromatic rings. The second-order valence-corrected chi connectivity index (χ2v) is 4.59. The van der Waals surface area contributed by atoms with Gasteiger partial charge in [-0.2, -0.15) is 0 Å². The van der Waals surface area contributed by atoms with E-state index in [0.717, 1.165) is 31.5 Å². The molecule has 0 aromatic heterocycles. The standard InChI is InChI=1S/C14H19NO3/c1-11(14(17)15-8-2-3-9-15)18-13-6-4-12(10-16)5-7-13/h4-7,11,16H,2-3,8-10H2,1H3. The number of carbonyl (C=O) groups excluding carboxylic acids is 1. The number of nitrogens with zero attached hydrogens (tertiary/aromatic N) is 1. The van der Waals surface area contributed by atoms with Gasteiger partial charge in [-0.15, -0.1) is 0 Å². The van der Waals surface area contributed by atoms with Crippen molar-refractivity contribution in [2.45, 2.75) is 32.5 Å². The van der Waals surface area contributed by atoms with Gasteiger partial charge in [-0.3, -0.25) is 4.79 Å². The van der Waals surface area contributed by atoms with Crippen molar-refractivity contribution < 1.29 is 14.6 Å². The minimum Gasteiger partial charge on any atom is -0.481 e. The average molecular weight is 249 g/mol. The highest BCUT2D eigenvalue weighted by Crippen LogP contribution is 2.16. The van der Waals surface area contributed by atoms with Crippen molar-refractivity contribution in [1.82, 2.24) is 4.90 Å². The zero-order chi connectivity index (χ0) is 13.0. The minimum absolute atomic E-state index is 0.0164. The molecule has 2 rings (SSSR count). The van der Waals surface area contributed by atoms with E-state index in [0.29, 0.717) is 5.75 Å². The van der Waals surface area contributed by atoms with Gasteiger partial charge in [-0.1, -0.05) is 12.1 Å². The summed E-state index contributed by atoms with van der Waals surface area (Å²) in [4.78, 5) is 13.9. The molecule has 98 valence electrons. The lowest BCUT2D eigenvalue weighted by Gasteiger charge is -2.21. The molecule has 0 saturated carbocycles. The number of benzene rings is 1. The second kappa shape index (κ2) is 5.87. The summed E-state index contributed by atoms with van der Waals surface area (Å²) in [6.07, 6.45) is 1.72. The molecule has 1 heterocycles. The predicted octanol–water partition coefficient (Wildman–Crippen LogP) is 1.57. The van der Waals surface area contributed by atoms with Crippen LogP contribution in [0.2, 0.25) is 0 Å². The van der Waals surface area contributed by atoms with Crippen molar-refractivity contribution in [3.63, 3.8) is 0 Å². The number of hydrogen-bond donors (Lipinski definition) is 1. The van der Waals surface area contributed by atoms with E-state index < -0.39 is 6.10 Å². The molecule has 4 heteroatoms. The SMILES string of the molecule is CC(Oc1ccc(CO)cc1)C(=O)N1CCCC1. The molecule has 1 aliphatic rings. The Balaban J connectivity index is 1.92. The van der Waals surface area contributed by atoms with Crippen LogP contribution in [-0.4, -0.2) is 35.1 Å². The van der Waals surface area contributed by atoms with E-state index in [1.807, 2.05) is 4.90 Å². The normalized spacial score (nSPS) is 16.7. The van der Waals surface area contributed by atoms with Gasteiger partial charge in [0.2, 0.25) is 0 Å². The smallest absolute Gasteiger partial charge is 0.263 e. The van der Waals surface area contributed by atoms with Gasteiger partial charge in [0.15, 0.2) is 6.10 Å². The first-order valence-corrected chi connectivity index (χ1v) is 6.36. The molecule has 18 heavy (non-hydrogen) atoms. The lowest BCUT2D eigenvalue weighted by atomic mass is 10.2. The van der Waals surface area contributed by atoms with E-state index in [1.165, 1.54) is 0 Å². The van der Waals surface area contributed by atoms with Gasteiger partial charge in [-0.05, 0) is 37.5 Å². The van der Waals surface area contributed by atoms with Crippen molar-refractivity contribution in [2.75, 3.05) is 13.1 Å². The van der Waals surface area contributed by atoms with E-state index in [4.69, 9.17) is 9.84 Å². The van der Waals surface area contributed by atoms with Crippen molar-refractivity contribution in [3.05, 3.63) is 29.8 Å². The van der Waals surface area contributed by atoms with Crippen LogP contribution >= 0.6 is 0 Å². The maximum Gasteiger partial charge on any atom is 0.263 e. The van der Waals surface area contributed by atoms with Crippen LogP contribution in [0, 0.1) is 0 Å². The maximum absolute atomic E-state index is 12.0. The van der Waals surface area contributed by atoms with Crippen molar-refractivity contribution in [1.29, 1.82) is 0 Å². The molecule has 1 atom stereocenters. The van der Waals surface area contributed by atoms with Gasteiger partial charge < -0.3 is 14.7 Å². The van der Waals surface area contributed by atoms with Crippen LogP contribution in [0.5, 0.6) is 5.75 Å². The van der Waals surface area contributed by atoms with Gasteiger partial charge in [-0.25, -0.2) is 0 Å². The second-order valence-electron chi connectivity index (χ2n) is 4.59. The summed E-state index contributed by atoms with van der Waals surface area (Å²) in [5.74, 6) is 0.714. The van der Waals surface area contributed by atoms with Crippen LogP contribution in [0.25, 0.3) is 0 Å². The third kappa shape index (κ3) is 3.01. The van der Waals surface area contributed by atoms with Gasteiger partial charge in [0, 0.05) is 13.1 Å². The summed E-state index contributed by atoms with van der Waals surface area (Å²) in [7, 11) is 0. The van der Waals surface area contributed by atoms with Gasteiger partial charge in [0.25, 0.3) is 5.91 Å². The first-order chi connectivity index (χ1) is 8.70. The van der Waals surface area contributed by atoms with E-state index in [2.05, 4.69) is 0 Å². The lowest BCUT2D eigenvalue weighted by molar-refractivity contribution is -0.136. The highest BCUT2D eigenvalue weighted by atomic mass is 16.5. The van der Waals surface area contributed by atoms with Crippen molar-refractivity contribution >= 4 is 5.91 Å². The zero-order valence-corrected chi connectivity index (χ0v) is 10.6. The van der Waals surface area contributed by atoms with Crippen LogP contribution in [-0.2, 0) is 11.4 Å². The zero-order valence-electron chi connectivity index (χ0n) is 10.6. The summed E-state index contributed by atoms with van der Waals surface area (Å²) in [5.41, 5.74) is 0.834. The third-order valence-corrected chi connectivity index (χ3v) is 3.18. The fraction of sp³-hybridized carbons (Fsp3) is 0.500. The molecule has 0 bridgehead atoms. The molecular formula is C14H19NO3. The largest absolute Gasteiger partial charge is 0.481 e. The number of amides is 1. The Labute approximate surface area is 107 Å². The molecule has 1 fully saturated rings. The lowest BCUT2D eigenvalue weighted by Crippen LogP contribution is -2.38. The van der Waals surface area contributed by atoms with Crippen LogP contribution < -0.4 is 4.74 Å². The number of likely N-dealkylation sites (tertiary alicyclic amines) is 1. The highest BCUT2D eigenvalue weighted by Gasteiger charge is 2.24. The average Bonchev–Trinajstić information content (AvgIpc) is 2.92. The Hall–Kier alpha value is -1.55. The molecule has 1 aliphatic heterocycles. The number of aliphatic hydroxyl groups excluding tert-OH is 1. The molecule has 4 nitrogen and oxygen atoms in total. The van der Waals surface area contributed by atoms with Crippen molar-refractivity contribution in [3.8, 4) is 5.75 Å². The molecule has 0 spiro atoms. The van der Waals surface area contributed by atoms with E-state index in [-0.39, 0.29) is 12.5 Å². The topological polar surface area (TPSA) is 49.8 Å². The number of hydrogen-bond acceptors (Lipinski definition) is 3. The summed E-state index contributed by atoms with van der Waals surface area (Å²) >= 11 is 0. The quantitative estimate of drug-likeness (QED) is 0.881. The molecule has 1 saturated heterocycles. The monoisotopic (exact) mass is 249 g/mol. The fourth-order valence-electron chi connectivity index (χ4n) is 2.12. The van der Waals surface area contributed by atoms with Crippen LogP contribution in [0.4, 0.5) is 0 Å². The van der Waals surface area contributed by atoms with Gasteiger partial charge in [0.05, 0.1) is 6.61 Å². The highest BCUT2D eigenvalue weighted by molar-refractivity contribution is 5.81. The minimum atomic E-state index is -0.455. The Bertz CT molecular complexity index is 396. The van der Waals surface area contributed by atoms with Gasteiger partial charge in [0.1, 0.15) is 5.75 Å². The van der Waals surface area contributed by atoms with Gasteiger partial charge >= 0.3 is 0 Å².